The van der Waals surface area contributed by atoms with Crippen LogP contribution in [-0.2, 0) is 17.7 Å². The number of ether oxygens (including phenoxy) is 1. The van der Waals surface area contributed by atoms with Gasteiger partial charge in [0.2, 0.25) is 0 Å². The Morgan fingerprint density at radius 3 is 2.74 bits per heavy atom. The zero-order valence-electron chi connectivity index (χ0n) is 19.8. The number of anilines is 1. The maximum atomic E-state index is 13.3. The molecule has 0 atom stereocenters. The Balaban J connectivity index is 1.55. The molecule has 0 saturated heterocycles. The predicted molar refractivity (Wildman–Crippen MR) is 137 cm³/mol. The van der Waals surface area contributed by atoms with E-state index in [4.69, 9.17) is 9.15 Å². The molecule has 3 heterocycles. The molecule has 0 saturated carbocycles. The summed E-state index contributed by atoms with van der Waals surface area (Å²) in [6.07, 6.45) is 0.693. The normalized spacial score (nSPS) is 13.8. The van der Waals surface area contributed by atoms with E-state index >= 15 is 0 Å². The first-order valence-corrected chi connectivity index (χ1v) is 12.5. The van der Waals surface area contributed by atoms with Crippen molar-refractivity contribution in [3.05, 3.63) is 74.5 Å². The van der Waals surface area contributed by atoms with Crippen LogP contribution in [-0.4, -0.2) is 36.0 Å². The van der Waals surface area contributed by atoms with Crippen molar-refractivity contribution in [2.45, 2.75) is 39.8 Å². The van der Waals surface area contributed by atoms with E-state index in [-0.39, 0.29) is 12.2 Å². The lowest BCUT2D eigenvalue weighted by Gasteiger charge is -2.30. The van der Waals surface area contributed by atoms with Crippen LogP contribution in [0.3, 0.4) is 0 Å². The second kappa shape index (κ2) is 9.28. The molecule has 1 amide bonds. The highest BCUT2D eigenvalue weighted by Gasteiger charge is 2.30. The predicted octanol–water partition coefficient (Wildman–Crippen LogP) is 5.20. The molecule has 0 spiro atoms. The van der Waals surface area contributed by atoms with Gasteiger partial charge < -0.3 is 14.5 Å². The van der Waals surface area contributed by atoms with E-state index in [9.17, 15) is 14.4 Å². The van der Waals surface area contributed by atoms with Crippen LogP contribution in [0.5, 0.6) is 0 Å². The fourth-order valence-electron chi connectivity index (χ4n) is 4.57. The number of rotatable bonds is 5. The van der Waals surface area contributed by atoms with Crippen molar-refractivity contribution in [1.29, 1.82) is 0 Å². The summed E-state index contributed by atoms with van der Waals surface area (Å²) >= 11 is 1.37. The van der Waals surface area contributed by atoms with Crippen molar-refractivity contribution in [2.75, 3.05) is 18.5 Å². The molecule has 1 aliphatic heterocycles. The molecule has 35 heavy (non-hydrogen) atoms. The van der Waals surface area contributed by atoms with Gasteiger partial charge >= 0.3 is 11.6 Å². The SMILES string of the molecule is CCOC(=O)c1c(NC(=O)c2cc3c(ccc4ccccc43)oc2=O)sc2c1CCN(C(C)C)C2. The lowest BCUT2D eigenvalue weighted by Crippen LogP contribution is -2.35. The number of hydrogen-bond acceptors (Lipinski definition) is 7. The third-order valence-electron chi connectivity index (χ3n) is 6.41. The molecule has 2 aromatic carbocycles. The number of nitrogens with one attached hydrogen (secondary N) is 1. The molecule has 0 aliphatic carbocycles. The van der Waals surface area contributed by atoms with Crippen molar-refractivity contribution in [3.8, 4) is 0 Å². The van der Waals surface area contributed by atoms with Crippen LogP contribution < -0.4 is 10.9 Å². The van der Waals surface area contributed by atoms with Crippen molar-refractivity contribution < 1.29 is 18.7 Å². The van der Waals surface area contributed by atoms with Crippen molar-refractivity contribution in [3.63, 3.8) is 0 Å². The van der Waals surface area contributed by atoms with Crippen LogP contribution in [0.25, 0.3) is 21.7 Å². The zero-order valence-corrected chi connectivity index (χ0v) is 20.7. The molecule has 1 N–H and O–H groups in total. The molecule has 2 aromatic heterocycles. The number of carbonyl (C=O) groups excluding carboxylic acids is 2. The Kier molecular flexibility index (Phi) is 6.17. The molecule has 0 bridgehead atoms. The fourth-order valence-corrected chi connectivity index (χ4v) is 5.83. The summed E-state index contributed by atoms with van der Waals surface area (Å²) < 4.78 is 10.8. The molecule has 0 radical (unpaired) electrons. The summed E-state index contributed by atoms with van der Waals surface area (Å²) in [6, 6.07) is 13.2. The number of carbonyl (C=O) groups is 2. The van der Waals surface area contributed by atoms with Crippen LogP contribution >= 0.6 is 11.3 Å². The van der Waals surface area contributed by atoms with Gasteiger partial charge in [-0.3, -0.25) is 9.69 Å². The summed E-state index contributed by atoms with van der Waals surface area (Å²) in [5.74, 6) is -1.08. The average molecular weight is 491 g/mol. The molecular formula is C27H26N2O5S. The van der Waals surface area contributed by atoms with E-state index < -0.39 is 17.5 Å². The quantitative estimate of drug-likeness (QED) is 0.235. The highest BCUT2D eigenvalue weighted by Crippen LogP contribution is 2.38. The number of nitrogens with zero attached hydrogens (tertiary/aromatic N) is 1. The zero-order chi connectivity index (χ0) is 24.7. The topological polar surface area (TPSA) is 88.8 Å². The Labute approximate surface area is 206 Å². The fraction of sp³-hybridized carbons (Fsp3) is 0.296. The number of hydrogen-bond donors (Lipinski definition) is 1. The standard InChI is InChI=1S/C27H26N2O5S/c1-4-33-27(32)23-18-11-12-29(15(2)3)14-22(18)35-25(23)28-24(30)20-13-19-17-8-6-5-7-16(17)9-10-21(19)34-26(20)31/h5-10,13,15H,4,11-12,14H2,1-3H3,(H,28,30). The minimum absolute atomic E-state index is 0.112. The Morgan fingerprint density at radius 1 is 1.17 bits per heavy atom. The third-order valence-corrected chi connectivity index (χ3v) is 7.54. The third kappa shape index (κ3) is 4.24. The van der Waals surface area contributed by atoms with E-state index in [1.807, 2.05) is 30.3 Å². The summed E-state index contributed by atoms with van der Waals surface area (Å²) in [7, 11) is 0. The highest BCUT2D eigenvalue weighted by molar-refractivity contribution is 7.17. The van der Waals surface area contributed by atoms with Crippen molar-refractivity contribution >= 4 is 50.0 Å². The summed E-state index contributed by atoms with van der Waals surface area (Å²) in [5, 5.41) is 5.76. The number of fused-ring (bicyclic) bond motifs is 4. The van der Waals surface area contributed by atoms with E-state index in [0.29, 0.717) is 40.5 Å². The number of benzene rings is 2. The van der Waals surface area contributed by atoms with Gasteiger partial charge in [0.25, 0.3) is 5.91 Å². The lowest BCUT2D eigenvalue weighted by molar-refractivity contribution is 0.0526. The molecular weight excluding hydrogens is 464 g/mol. The van der Waals surface area contributed by atoms with Gasteiger partial charge in [-0.2, -0.15) is 0 Å². The van der Waals surface area contributed by atoms with Crippen LogP contribution in [0.1, 0.15) is 51.9 Å². The minimum atomic E-state index is -0.727. The molecule has 0 unspecified atom stereocenters. The average Bonchev–Trinajstić information content (AvgIpc) is 3.20. The van der Waals surface area contributed by atoms with E-state index in [0.717, 1.165) is 27.8 Å². The number of esters is 1. The summed E-state index contributed by atoms with van der Waals surface area (Å²) in [6.45, 7) is 7.77. The van der Waals surface area contributed by atoms with Gasteiger partial charge in [0.15, 0.2) is 0 Å². The van der Waals surface area contributed by atoms with Gasteiger partial charge in [-0.1, -0.05) is 30.3 Å². The van der Waals surface area contributed by atoms with Gasteiger partial charge in [-0.15, -0.1) is 11.3 Å². The minimum Gasteiger partial charge on any atom is -0.462 e. The van der Waals surface area contributed by atoms with Crippen LogP contribution in [0.4, 0.5) is 5.00 Å². The van der Waals surface area contributed by atoms with Gasteiger partial charge in [0, 0.05) is 29.4 Å². The monoisotopic (exact) mass is 490 g/mol. The first-order valence-electron chi connectivity index (χ1n) is 11.7. The van der Waals surface area contributed by atoms with E-state index in [1.165, 1.54) is 11.3 Å². The second-order valence-electron chi connectivity index (χ2n) is 8.84. The van der Waals surface area contributed by atoms with Gasteiger partial charge in [0.05, 0.1) is 12.2 Å². The number of thiophene rings is 1. The van der Waals surface area contributed by atoms with Gasteiger partial charge in [-0.25, -0.2) is 9.59 Å². The molecule has 7 nitrogen and oxygen atoms in total. The first kappa shape index (κ1) is 23.3. The molecule has 8 heteroatoms. The smallest absolute Gasteiger partial charge is 0.349 e. The van der Waals surface area contributed by atoms with Crippen molar-refractivity contribution in [1.82, 2.24) is 4.90 Å². The largest absolute Gasteiger partial charge is 0.462 e. The Bertz CT molecular complexity index is 1520. The maximum absolute atomic E-state index is 13.3. The summed E-state index contributed by atoms with van der Waals surface area (Å²) in [5.41, 5.74) is 0.878. The molecule has 180 valence electrons. The van der Waals surface area contributed by atoms with Crippen LogP contribution in [0, 0.1) is 0 Å². The maximum Gasteiger partial charge on any atom is 0.349 e. The molecule has 5 rings (SSSR count). The Morgan fingerprint density at radius 2 is 1.97 bits per heavy atom. The first-order chi connectivity index (χ1) is 16.9. The van der Waals surface area contributed by atoms with Crippen LogP contribution in [0.2, 0.25) is 0 Å². The van der Waals surface area contributed by atoms with Crippen LogP contribution in [0.15, 0.2) is 51.7 Å². The molecule has 1 aliphatic rings. The van der Waals surface area contributed by atoms with Gasteiger partial charge in [-0.05, 0) is 55.7 Å². The summed E-state index contributed by atoms with van der Waals surface area (Å²) in [4.78, 5) is 42.2. The van der Waals surface area contributed by atoms with E-state index in [2.05, 4.69) is 24.1 Å². The molecule has 4 aromatic rings. The Hall–Kier alpha value is -3.49. The number of amides is 1. The van der Waals surface area contributed by atoms with Gasteiger partial charge in [0.1, 0.15) is 16.1 Å². The van der Waals surface area contributed by atoms with Crippen molar-refractivity contribution in [2.24, 2.45) is 0 Å². The lowest BCUT2D eigenvalue weighted by atomic mass is 10.0. The molecule has 0 fully saturated rings. The van der Waals surface area contributed by atoms with E-state index in [1.54, 1.807) is 19.1 Å². The highest BCUT2D eigenvalue weighted by atomic mass is 32.1. The second-order valence-corrected chi connectivity index (χ2v) is 9.95.